The quantitative estimate of drug-likeness (QED) is 0.435. The molecule has 3 aromatic rings. The Labute approximate surface area is 139 Å². The van der Waals surface area contributed by atoms with Crippen molar-refractivity contribution in [2.24, 2.45) is 11.5 Å². The third kappa shape index (κ3) is 3.12. The smallest absolute Gasteiger partial charge is 0.122 e. The van der Waals surface area contributed by atoms with Gasteiger partial charge in [0.05, 0.1) is 23.8 Å². The Morgan fingerprint density at radius 3 is 1.21 bits per heavy atom. The molecular formula is C18H16N6. The van der Waals surface area contributed by atoms with Gasteiger partial charge in [0.1, 0.15) is 11.7 Å². The second-order valence-electron chi connectivity index (χ2n) is 5.27. The summed E-state index contributed by atoms with van der Waals surface area (Å²) in [5, 5.41) is 14.8. The molecule has 6 nitrogen and oxygen atoms in total. The largest absolute Gasteiger partial charge is 0.384 e. The van der Waals surface area contributed by atoms with Crippen LogP contribution in [-0.4, -0.2) is 21.6 Å². The Morgan fingerprint density at radius 1 is 0.625 bits per heavy atom. The minimum absolute atomic E-state index is 0.0389. The molecule has 0 aliphatic rings. The SMILES string of the molecule is N=C(N)c1ccc(-c2cnc(-c3ccc(C(=N)N)cc3)cn2)cc1. The topological polar surface area (TPSA) is 126 Å². The first-order valence-corrected chi connectivity index (χ1v) is 7.26. The number of rotatable bonds is 4. The van der Waals surface area contributed by atoms with Crippen LogP contribution in [-0.2, 0) is 0 Å². The number of amidine groups is 2. The molecular weight excluding hydrogens is 300 g/mol. The fraction of sp³-hybridized carbons (Fsp3) is 0. The van der Waals surface area contributed by atoms with Gasteiger partial charge in [0.25, 0.3) is 0 Å². The van der Waals surface area contributed by atoms with Gasteiger partial charge in [-0.15, -0.1) is 0 Å². The summed E-state index contributed by atoms with van der Waals surface area (Å²) in [5.74, 6) is 0.0778. The Hall–Kier alpha value is -3.54. The Morgan fingerprint density at radius 2 is 0.958 bits per heavy atom. The normalized spacial score (nSPS) is 10.3. The first kappa shape index (κ1) is 15.4. The van der Waals surface area contributed by atoms with E-state index in [0.29, 0.717) is 11.1 Å². The molecule has 0 aliphatic carbocycles. The summed E-state index contributed by atoms with van der Waals surface area (Å²) >= 11 is 0. The Kier molecular flexibility index (Phi) is 4.03. The lowest BCUT2D eigenvalue weighted by molar-refractivity contribution is 1.21. The zero-order valence-electron chi connectivity index (χ0n) is 12.8. The lowest BCUT2D eigenvalue weighted by atomic mass is 10.1. The van der Waals surface area contributed by atoms with Crippen molar-refractivity contribution in [3.8, 4) is 22.5 Å². The average Bonchev–Trinajstić information content (AvgIpc) is 2.62. The predicted octanol–water partition coefficient (Wildman–Crippen LogP) is 2.38. The van der Waals surface area contributed by atoms with Crippen molar-refractivity contribution in [2.45, 2.75) is 0 Å². The number of hydrogen-bond donors (Lipinski definition) is 4. The average molecular weight is 316 g/mol. The highest BCUT2D eigenvalue weighted by Gasteiger charge is 2.05. The van der Waals surface area contributed by atoms with Gasteiger partial charge in [0.15, 0.2) is 0 Å². The van der Waals surface area contributed by atoms with E-state index in [1.54, 1.807) is 36.7 Å². The molecule has 0 aliphatic heterocycles. The molecule has 3 rings (SSSR count). The third-order valence-corrected chi connectivity index (χ3v) is 3.64. The molecule has 24 heavy (non-hydrogen) atoms. The number of benzene rings is 2. The molecule has 6 N–H and O–H groups in total. The Bertz CT molecular complexity index is 804. The van der Waals surface area contributed by atoms with Gasteiger partial charge in [-0.05, 0) is 0 Å². The summed E-state index contributed by atoms with van der Waals surface area (Å²) in [4.78, 5) is 8.89. The van der Waals surface area contributed by atoms with Crippen molar-refractivity contribution >= 4 is 11.7 Å². The van der Waals surface area contributed by atoms with Gasteiger partial charge in [-0.1, -0.05) is 48.5 Å². The summed E-state index contributed by atoms with van der Waals surface area (Å²) in [6, 6.07) is 14.6. The summed E-state index contributed by atoms with van der Waals surface area (Å²) in [7, 11) is 0. The van der Waals surface area contributed by atoms with Crippen LogP contribution in [0.15, 0.2) is 60.9 Å². The number of nitrogens with zero attached hydrogens (tertiary/aromatic N) is 2. The van der Waals surface area contributed by atoms with E-state index in [-0.39, 0.29) is 11.7 Å². The van der Waals surface area contributed by atoms with Crippen molar-refractivity contribution in [3.63, 3.8) is 0 Å². The maximum atomic E-state index is 7.40. The fourth-order valence-corrected chi connectivity index (χ4v) is 2.27. The van der Waals surface area contributed by atoms with Crippen molar-refractivity contribution in [1.29, 1.82) is 10.8 Å². The van der Waals surface area contributed by atoms with Crippen LogP contribution >= 0.6 is 0 Å². The van der Waals surface area contributed by atoms with E-state index in [1.165, 1.54) is 0 Å². The van der Waals surface area contributed by atoms with Gasteiger partial charge in [-0.3, -0.25) is 20.8 Å². The highest BCUT2D eigenvalue weighted by Crippen LogP contribution is 2.21. The fourth-order valence-electron chi connectivity index (χ4n) is 2.27. The number of nitrogens with one attached hydrogen (secondary N) is 2. The van der Waals surface area contributed by atoms with Gasteiger partial charge >= 0.3 is 0 Å². The summed E-state index contributed by atoms with van der Waals surface area (Å²) < 4.78 is 0. The molecule has 0 bridgehead atoms. The highest BCUT2D eigenvalue weighted by atomic mass is 14.8. The summed E-state index contributed by atoms with van der Waals surface area (Å²) in [6.45, 7) is 0. The lowest BCUT2D eigenvalue weighted by Gasteiger charge is -2.05. The minimum Gasteiger partial charge on any atom is -0.384 e. The van der Waals surface area contributed by atoms with Crippen molar-refractivity contribution in [3.05, 3.63) is 72.1 Å². The molecule has 0 unspecified atom stereocenters. The van der Waals surface area contributed by atoms with Crippen LogP contribution in [0.4, 0.5) is 0 Å². The van der Waals surface area contributed by atoms with E-state index in [1.807, 2.05) is 24.3 Å². The first-order valence-electron chi connectivity index (χ1n) is 7.26. The van der Waals surface area contributed by atoms with Gasteiger partial charge in [0.2, 0.25) is 0 Å². The number of aromatic nitrogens is 2. The molecule has 0 amide bonds. The van der Waals surface area contributed by atoms with Gasteiger partial charge < -0.3 is 11.5 Å². The van der Waals surface area contributed by atoms with Crippen LogP contribution in [0.5, 0.6) is 0 Å². The van der Waals surface area contributed by atoms with Gasteiger partial charge in [0, 0.05) is 22.3 Å². The van der Waals surface area contributed by atoms with Gasteiger partial charge in [-0.2, -0.15) is 0 Å². The second kappa shape index (κ2) is 6.29. The van der Waals surface area contributed by atoms with E-state index < -0.39 is 0 Å². The van der Waals surface area contributed by atoms with Crippen LogP contribution in [0.1, 0.15) is 11.1 Å². The van der Waals surface area contributed by atoms with E-state index in [0.717, 1.165) is 22.5 Å². The molecule has 0 spiro atoms. The molecule has 0 radical (unpaired) electrons. The zero-order chi connectivity index (χ0) is 17.1. The van der Waals surface area contributed by atoms with Crippen LogP contribution < -0.4 is 11.5 Å². The first-order chi connectivity index (χ1) is 11.5. The molecule has 0 saturated heterocycles. The molecule has 118 valence electrons. The van der Waals surface area contributed by atoms with E-state index >= 15 is 0 Å². The number of nitrogen functional groups attached to an aromatic ring is 2. The minimum atomic E-state index is 0.0389. The molecule has 1 heterocycles. The third-order valence-electron chi connectivity index (χ3n) is 3.64. The number of nitrogens with two attached hydrogens (primary N) is 2. The van der Waals surface area contributed by atoms with Crippen LogP contribution in [0.2, 0.25) is 0 Å². The molecule has 0 saturated carbocycles. The highest BCUT2D eigenvalue weighted by molar-refractivity contribution is 5.95. The van der Waals surface area contributed by atoms with E-state index in [2.05, 4.69) is 9.97 Å². The van der Waals surface area contributed by atoms with E-state index in [4.69, 9.17) is 22.3 Å². The zero-order valence-corrected chi connectivity index (χ0v) is 12.8. The van der Waals surface area contributed by atoms with Crippen LogP contribution in [0, 0.1) is 10.8 Å². The molecule has 6 heteroatoms. The maximum Gasteiger partial charge on any atom is 0.122 e. The molecule has 2 aromatic carbocycles. The van der Waals surface area contributed by atoms with Crippen LogP contribution in [0.3, 0.4) is 0 Å². The molecule has 0 atom stereocenters. The second-order valence-corrected chi connectivity index (χ2v) is 5.27. The maximum absolute atomic E-state index is 7.40. The standard InChI is InChI=1S/C18H16N6/c19-17(20)13-5-1-11(2-6-13)15-9-24-16(10-23-15)12-3-7-14(8-4-12)18(21)22/h1-10H,(H3,19,20)(H3,21,22). The lowest BCUT2D eigenvalue weighted by Crippen LogP contribution is -2.10. The summed E-state index contributed by atoms with van der Waals surface area (Å²) in [6.07, 6.45) is 3.41. The van der Waals surface area contributed by atoms with Crippen molar-refractivity contribution in [2.75, 3.05) is 0 Å². The number of hydrogen-bond acceptors (Lipinski definition) is 4. The summed E-state index contributed by atoms with van der Waals surface area (Å²) in [5.41, 5.74) is 15.6. The van der Waals surface area contributed by atoms with Crippen LogP contribution in [0.25, 0.3) is 22.5 Å². The van der Waals surface area contributed by atoms with Crippen molar-refractivity contribution < 1.29 is 0 Å². The molecule has 0 fully saturated rings. The van der Waals surface area contributed by atoms with E-state index in [9.17, 15) is 0 Å². The van der Waals surface area contributed by atoms with Gasteiger partial charge in [-0.25, -0.2) is 0 Å². The molecule has 1 aromatic heterocycles. The predicted molar refractivity (Wildman–Crippen MR) is 94.9 cm³/mol. The Balaban J connectivity index is 1.84. The van der Waals surface area contributed by atoms with Crippen molar-refractivity contribution in [1.82, 2.24) is 9.97 Å². The monoisotopic (exact) mass is 316 g/mol.